The minimum Gasteiger partial charge on any atom is -0.480 e. The molecule has 0 aliphatic heterocycles. The van der Waals surface area contributed by atoms with E-state index < -0.39 is 48.2 Å². The second kappa shape index (κ2) is 6.26. The number of amides is 1. The van der Waals surface area contributed by atoms with Gasteiger partial charge in [-0.15, -0.1) is 0 Å². The standard InChI is InChI=1S/C9H10N4O7/c14-7(11(4-8(15)16)5-9(17)18)3-12-2-1-6(10-12)13(19)20/h1-2H,3-5H2,(H,15,16)(H,17,18). The van der Waals surface area contributed by atoms with Gasteiger partial charge in [0.15, 0.2) is 0 Å². The number of nitro groups is 1. The minimum absolute atomic E-state index is 0.471. The predicted octanol–water partition coefficient (Wildman–Crippen LogP) is -1.21. The van der Waals surface area contributed by atoms with E-state index >= 15 is 0 Å². The van der Waals surface area contributed by atoms with E-state index in [4.69, 9.17) is 10.2 Å². The van der Waals surface area contributed by atoms with Crippen LogP contribution in [0, 0.1) is 10.1 Å². The lowest BCUT2D eigenvalue weighted by atomic mass is 10.4. The average molecular weight is 286 g/mol. The number of hydrogen-bond donors (Lipinski definition) is 2. The molecule has 0 aliphatic carbocycles. The summed E-state index contributed by atoms with van der Waals surface area (Å²) in [5, 5.41) is 31.0. The Bertz CT molecular complexity index is 536. The van der Waals surface area contributed by atoms with Gasteiger partial charge in [0.05, 0.1) is 17.4 Å². The fraction of sp³-hybridized carbons (Fsp3) is 0.333. The van der Waals surface area contributed by atoms with Crippen molar-refractivity contribution in [3.8, 4) is 0 Å². The Morgan fingerprint density at radius 1 is 1.30 bits per heavy atom. The van der Waals surface area contributed by atoms with Crippen LogP contribution in [0.25, 0.3) is 0 Å². The number of carbonyl (C=O) groups is 3. The van der Waals surface area contributed by atoms with Gasteiger partial charge in [0.2, 0.25) is 5.91 Å². The molecule has 108 valence electrons. The van der Waals surface area contributed by atoms with Crippen LogP contribution < -0.4 is 0 Å². The summed E-state index contributed by atoms with van der Waals surface area (Å²) < 4.78 is 0.928. The molecule has 0 spiro atoms. The number of carbonyl (C=O) groups excluding carboxylic acids is 1. The minimum atomic E-state index is -1.37. The molecule has 1 rings (SSSR count). The molecule has 1 aromatic heterocycles. The van der Waals surface area contributed by atoms with Gasteiger partial charge in [-0.1, -0.05) is 0 Å². The topological polar surface area (TPSA) is 156 Å². The molecule has 0 atom stereocenters. The molecule has 0 fully saturated rings. The van der Waals surface area contributed by atoms with Crippen molar-refractivity contribution in [2.45, 2.75) is 6.54 Å². The smallest absolute Gasteiger partial charge is 0.389 e. The number of aromatic nitrogens is 2. The van der Waals surface area contributed by atoms with E-state index in [-0.39, 0.29) is 0 Å². The van der Waals surface area contributed by atoms with Crippen molar-refractivity contribution in [1.29, 1.82) is 0 Å². The van der Waals surface area contributed by atoms with Gasteiger partial charge in [-0.3, -0.25) is 14.4 Å². The summed E-state index contributed by atoms with van der Waals surface area (Å²) in [4.78, 5) is 43.1. The molecule has 1 heterocycles. The first-order valence-electron chi connectivity index (χ1n) is 5.19. The first-order chi connectivity index (χ1) is 9.29. The number of carboxylic acids is 2. The molecule has 0 aromatic carbocycles. The summed E-state index contributed by atoms with van der Waals surface area (Å²) in [5.74, 6) is -4.04. The van der Waals surface area contributed by atoms with Crippen LogP contribution in [-0.4, -0.2) is 60.8 Å². The summed E-state index contributed by atoms with van der Waals surface area (Å²) in [7, 11) is 0. The van der Waals surface area contributed by atoms with Gasteiger partial charge in [0, 0.05) is 0 Å². The van der Waals surface area contributed by atoms with Crippen molar-refractivity contribution < 1.29 is 29.5 Å². The summed E-state index contributed by atoms with van der Waals surface area (Å²) in [6.45, 7) is -2.06. The molecule has 0 aliphatic rings. The lowest BCUT2D eigenvalue weighted by molar-refractivity contribution is -0.389. The predicted molar refractivity (Wildman–Crippen MR) is 60.7 cm³/mol. The molecule has 1 aromatic rings. The monoisotopic (exact) mass is 286 g/mol. The Morgan fingerprint density at radius 2 is 1.85 bits per heavy atom. The molecule has 0 saturated heterocycles. The Labute approximate surface area is 111 Å². The first-order valence-corrected chi connectivity index (χ1v) is 5.19. The summed E-state index contributed by atoms with van der Waals surface area (Å²) in [6.07, 6.45) is 1.16. The summed E-state index contributed by atoms with van der Waals surface area (Å²) in [5.41, 5.74) is 0. The lowest BCUT2D eigenvalue weighted by Crippen LogP contribution is -2.41. The van der Waals surface area contributed by atoms with E-state index in [2.05, 4.69) is 5.10 Å². The SMILES string of the molecule is O=C(O)CN(CC(=O)O)C(=O)Cn1ccc([N+](=O)[O-])n1. The van der Waals surface area contributed by atoms with Gasteiger partial charge in [-0.2, -0.15) is 4.68 Å². The van der Waals surface area contributed by atoms with E-state index in [0.29, 0.717) is 4.90 Å². The van der Waals surface area contributed by atoms with Crippen LogP contribution in [0.3, 0.4) is 0 Å². The average Bonchev–Trinajstić information content (AvgIpc) is 2.75. The van der Waals surface area contributed by atoms with Crippen LogP contribution in [-0.2, 0) is 20.9 Å². The molecule has 0 unspecified atom stereocenters. The molecular weight excluding hydrogens is 276 g/mol. The molecule has 11 nitrogen and oxygen atoms in total. The first kappa shape index (κ1) is 15.1. The largest absolute Gasteiger partial charge is 0.480 e. The zero-order chi connectivity index (χ0) is 15.3. The van der Waals surface area contributed by atoms with Crippen molar-refractivity contribution in [2.24, 2.45) is 0 Å². The fourth-order valence-electron chi connectivity index (χ4n) is 1.33. The van der Waals surface area contributed by atoms with Crippen molar-refractivity contribution in [2.75, 3.05) is 13.1 Å². The van der Waals surface area contributed by atoms with Gasteiger partial charge >= 0.3 is 17.8 Å². The van der Waals surface area contributed by atoms with Crippen LogP contribution >= 0.6 is 0 Å². The third-order valence-electron chi connectivity index (χ3n) is 2.12. The molecular formula is C9H10N4O7. The summed E-state index contributed by atoms with van der Waals surface area (Å²) >= 11 is 0. The second-order valence-electron chi connectivity index (χ2n) is 3.67. The Kier molecular flexibility index (Phi) is 4.72. The van der Waals surface area contributed by atoms with Gasteiger partial charge in [0.1, 0.15) is 19.6 Å². The Balaban J connectivity index is 2.75. The maximum atomic E-state index is 11.7. The maximum Gasteiger partial charge on any atom is 0.389 e. The van der Waals surface area contributed by atoms with Crippen LogP contribution in [0.15, 0.2) is 12.3 Å². The Morgan fingerprint density at radius 3 is 2.25 bits per heavy atom. The van der Waals surface area contributed by atoms with Crippen molar-refractivity contribution >= 4 is 23.7 Å². The molecule has 11 heteroatoms. The fourth-order valence-corrected chi connectivity index (χ4v) is 1.33. The highest BCUT2D eigenvalue weighted by molar-refractivity contribution is 5.84. The maximum absolute atomic E-state index is 11.7. The number of nitrogens with zero attached hydrogens (tertiary/aromatic N) is 4. The molecule has 20 heavy (non-hydrogen) atoms. The highest BCUT2D eigenvalue weighted by Gasteiger charge is 2.22. The van der Waals surface area contributed by atoms with Crippen LogP contribution in [0.2, 0.25) is 0 Å². The quantitative estimate of drug-likeness (QED) is 0.467. The van der Waals surface area contributed by atoms with E-state index in [1.54, 1.807) is 0 Å². The van der Waals surface area contributed by atoms with Crippen LogP contribution in [0.5, 0.6) is 0 Å². The molecule has 0 saturated carbocycles. The molecule has 1 amide bonds. The number of hydrogen-bond acceptors (Lipinski definition) is 6. The van der Waals surface area contributed by atoms with Gasteiger partial charge in [-0.05, 0) is 4.92 Å². The van der Waals surface area contributed by atoms with E-state index in [0.717, 1.165) is 16.9 Å². The Hall–Kier alpha value is -2.98. The van der Waals surface area contributed by atoms with Crippen molar-refractivity contribution in [1.82, 2.24) is 14.7 Å². The van der Waals surface area contributed by atoms with Gasteiger partial charge < -0.3 is 25.2 Å². The van der Waals surface area contributed by atoms with Gasteiger partial charge in [-0.25, -0.2) is 0 Å². The van der Waals surface area contributed by atoms with Crippen LogP contribution in [0.1, 0.15) is 0 Å². The number of rotatable bonds is 7. The highest BCUT2D eigenvalue weighted by atomic mass is 16.6. The third-order valence-corrected chi connectivity index (χ3v) is 2.12. The number of aliphatic carboxylic acids is 2. The second-order valence-corrected chi connectivity index (χ2v) is 3.67. The zero-order valence-electron chi connectivity index (χ0n) is 10.0. The highest BCUT2D eigenvalue weighted by Crippen LogP contribution is 2.05. The van der Waals surface area contributed by atoms with Crippen molar-refractivity contribution in [3.05, 3.63) is 22.4 Å². The molecule has 0 bridgehead atoms. The summed E-state index contributed by atoms with van der Waals surface area (Å²) in [6, 6.07) is 1.06. The normalized spacial score (nSPS) is 10.0. The third kappa shape index (κ3) is 4.36. The number of carboxylic acid groups (broad SMARTS) is 2. The van der Waals surface area contributed by atoms with E-state index in [1.807, 2.05) is 0 Å². The molecule has 0 radical (unpaired) electrons. The van der Waals surface area contributed by atoms with E-state index in [9.17, 15) is 24.5 Å². The van der Waals surface area contributed by atoms with Crippen LogP contribution in [0.4, 0.5) is 5.82 Å². The van der Waals surface area contributed by atoms with Gasteiger partial charge in [0.25, 0.3) is 0 Å². The molecule has 2 N–H and O–H groups in total. The van der Waals surface area contributed by atoms with E-state index in [1.165, 1.54) is 0 Å². The lowest BCUT2D eigenvalue weighted by Gasteiger charge is -2.17. The van der Waals surface area contributed by atoms with Crippen molar-refractivity contribution in [3.63, 3.8) is 0 Å². The zero-order valence-corrected chi connectivity index (χ0v) is 10.0.